The molecule has 1 rings (SSSR count). The standard InChI is InChI=1S/C12H19NO2S/c1-4-16(14,15)13-12(10(2)3)11-8-6-5-7-9-11/h5-10,12-13H,4H2,1-3H3. The monoisotopic (exact) mass is 241 g/mol. The summed E-state index contributed by atoms with van der Waals surface area (Å²) in [5, 5.41) is 0. The molecule has 0 aliphatic heterocycles. The van der Waals surface area contributed by atoms with Gasteiger partial charge < -0.3 is 0 Å². The first-order valence-corrected chi connectivity index (χ1v) is 7.16. The predicted molar refractivity (Wildman–Crippen MR) is 66.6 cm³/mol. The smallest absolute Gasteiger partial charge is 0.211 e. The molecule has 0 aliphatic rings. The molecule has 1 aromatic rings. The van der Waals surface area contributed by atoms with Crippen molar-refractivity contribution in [2.45, 2.75) is 26.8 Å². The predicted octanol–water partition coefficient (Wildman–Crippen LogP) is 2.32. The van der Waals surface area contributed by atoms with Gasteiger partial charge in [-0.2, -0.15) is 0 Å². The number of hydrogen-bond acceptors (Lipinski definition) is 2. The van der Waals surface area contributed by atoms with E-state index in [4.69, 9.17) is 0 Å². The van der Waals surface area contributed by atoms with E-state index in [-0.39, 0.29) is 17.7 Å². The molecule has 0 amide bonds. The van der Waals surface area contributed by atoms with Gasteiger partial charge in [-0.15, -0.1) is 0 Å². The molecule has 0 heterocycles. The molecule has 1 N–H and O–H groups in total. The van der Waals surface area contributed by atoms with Crippen molar-refractivity contribution < 1.29 is 8.42 Å². The molecule has 0 aromatic heterocycles. The van der Waals surface area contributed by atoms with Crippen molar-refractivity contribution in [1.82, 2.24) is 4.72 Å². The molecule has 4 heteroatoms. The Bertz CT molecular complexity index is 412. The molecular weight excluding hydrogens is 222 g/mol. The quantitative estimate of drug-likeness (QED) is 0.860. The zero-order chi connectivity index (χ0) is 12.2. The maximum absolute atomic E-state index is 11.6. The van der Waals surface area contributed by atoms with Crippen LogP contribution in [-0.4, -0.2) is 14.2 Å². The highest BCUT2D eigenvalue weighted by atomic mass is 32.2. The maximum atomic E-state index is 11.6. The van der Waals surface area contributed by atoms with E-state index in [1.165, 1.54) is 0 Å². The lowest BCUT2D eigenvalue weighted by atomic mass is 9.97. The summed E-state index contributed by atoms with van der Waals surface area (Å²) >= 11 is 0. The van der Waals surface area contributed by atoms with E-state index in [2.05, 4.69) is 4.72 Å². The van der Waals surface area contributed by atoms with Crippen molar-refractivity contribution in [3.05, 3.63) is 35.9 Å². The molecule has 0 saturated heterocycles. The summed E-state index contributed by atoms with van der Waals surface area (Å²) < 4.78 is 25.9. The Labute approximate surface area is 97.9 Å². The second kappa shape index (κ2) is 5.46. The van der Waals surface area contributed by atoms with Crippen LogP contribution < -0.4 is 4.72 Å². The number of rotatable bonds is 5. The van der Waals surface area contributed by atoms with Gasteiger partial charge in [0.15, 0.2) is 0 Å². The van der Waals surface area contributed by atoms with E-state index in [1.54, 1.807) is 6.92 Å². The van der Waals surface area contributed by atoms with E-state index >= 15 is 0 Å². The minimum absolute atomic E-state index is 0.114. The number of benzene rings is 1. The van der Waals surface area contributed by atoms with Crippen LogP contribution in [0.5, 0.6) is 0 Å². The molecule has 0 aliphatic carbocycles. The van der Waals surface area contributed by atoms with Gasteiger partial charge in [0.25, 0.3) is 0 Å². The number of sulfonamides is 1. The SMILES string of the molecule is CCS(=O)(=O)NC(c1ccccc1)C(C)C. The number of nitrogens with one attached hydrogen (secondary N) is 1. The summed E-state index contributed by atoms with van der Waals surface area (Å²) in [6.07, 6.45) is 0. The highest BCUT2D eigenvalue weighted by molar-refractivity contribution is 7.89. The van der Waals surface area contributed by atoms with Gasteiger partial charge >= 0.3 is 0 Å². The van der Waals surface area contributed by atoms with Gasteiger partial charge in [-0.05, 0) is 18.4 Å². The van der Waals surface area contributed by atoms with Crippen molar-refractivity contribution in [1.29, 1.82) is 0 Å². The van der Waals surface area contributed by atoms with Crippen LogP contribution in [0.2, 0.25) is 0 Å². The topological polar surface area (TPSA) is 46.2 Å². The van der Waals surface area contributed by atoms with Crippen LogP contribution in [0.15, 0.2) is 30.3 Å². The second-order valence-corrected chi connectivity index (χ2v) is 6.20. The Morgan fingerprint density at radius 2 is 1.75 bits per heavy atom. The third-order valence-electron chi connectivity index (χ3n) is 2.51. The van der Waals surface area contributed by atoms with Gasteiger partial charge in [-0.1, -0.05) is 44.2 Å². The highest BCUT2D eigenvalue weighted by Gasteiger charge is 2.20. The summed E-state index contributed by atoms with van der Waals surface area (Å²) in [5.74, 6) is 0.340. The van der Waals surface area contributed by atoms with Crippen molar-refractivity contribution in [2.24, 2.45) is 5.92 Å². The molecule has 3 nitrogen and oxygen atoms in total. The molecule has 90 valence electrons. The van der Waals surface area contributed by atoms with Gasteiger partial charge in [-0.25, -0.2) is 13.1 Å². The van der Waals surface area contributed by atoms with Gasteiger partial charge in [0.1, 0.15) is 0 Å². The first-order valence-electron chi connectivity index (χ1n) is 5.51. The van der Waals surface area contributed by atoms with Crippen molar-refractivity contribution in [3.63, 3.8) is 0 Å². The Morgan fingerprint density at radius 3 is 2.19 bits per heavy atom. The third-order valence-corrected chi connectivity index (χ3v) is 3.89. The third kappa shape index (κ3) is 3.61. The normalized spacial score (nSPS) is 14.0. The second-order valence-electron chi connectivity index (χ2n) is 4.15. The fraction of sp³-hybridized carbons (Fsp3) is 0.500. The van der Waals surface area contributed by atoms with E-state index in [1.807, 2.05) is 44.2 Å². The summed E-state index contributed by atoms with van der Waals surface area (Å²) in [7, 11) is -3.16. The summed E-state index contributed by atoms with van der Waals surface area (Å²) in [4.78, 5) is 0. The lowest BCUT2D eigenvalue weighted by molar-refractivity contribution is 0.463. The van der Waals surface area contributed by atoms with Gasteiger partial charge in [-0.3, -0.25) is 0 Å². The lowest BCUT2D eigenvalue weighted by Gasteiger charge is -2.22. The van der Waals surface area contributed by atoms with E-state index in [0.29, 0.717) is 0 Å². The van der Waals surface area contributed by atoms with Crippen molar-refractivity contribution in [3.8, 4) is 0 Å². The van der Waals surface area contributed by atoms with Crippen molar-refractivity contribution in [2.75, 3.05) is 5.75 Å². The van der Waals surface area contributed by atoms with Crippen LogP contribution in [0.3, 0.4) is 0 Å². The zero-order valence-electron chi connectivity index (χ0n) is 9.97. The minimum atomic E-state index is -3.16. The minimum Gasteiger partial charge on any atom is -0.212 e. The molecule has 0 bridgehead atoms. The fourth-order valence-electron chi connectivity index (χ4n) is 1.53. The van der Waals surface area contributed by atoms with Crippen molar-refractivity contribution >= 4 is 10.0 Å². The molecular formula is C12H19NO2S. The van der Waals surface area contributed by atoms with E-state index < -0.39 is 10.0 Å². The summed E-state index contributed by atoms with van der Waals surface area (Å²) in [5.41, 5.74) is 1.01. The largest absolute Gasteiger partial charge is 0.212 e. The highest BCUT2D eigenvalue weighted by Crippen LogP contribution is 2.22. The lowest BCUT2D eigenvalue weighted by Crippen LogP contribution is -2.32. The van der Waals surface area contributed by atoms with Gasteiger partial charge in [0, 0.05) is 6.04 Å². The molecule has 16 heavy (non-hydrogen) atoms. The molecule has 1 aromatic carbocycles. The molecule has 1 unspecified atom stereocenters. The van der Waals surface area contributed by atoms with Crippen LogP contribution >= 0.6 is 0 Å². The Balaban J connectivity index is 2.94. The van der Waals surface area contributed by atoms with Crippen LogP contribution in [0.1, 0.15) is 32.4 Å². The average molecular weight is 241 g/mol. The van der Waals surface area contributed by atoms with Crippen LogP contribution in [0, 0.1) is 5.92 Å². The maximum Gasteiger partial charge on any atom is 0.211 e. The number of hydrogen-bond donors (Lipinski definition) is 1. The Morgan fingerprint density at radius 1 is 1.19 bits per heavy atom. The fourth-order valence-corrected chi connectivity index (χ4v) is 2.49. The van der Waals surface area contributed by atoms with Gasteiger partial charge in [0.2, 0.25) is 10.0 Å². The molecule has 0 fully saturated rings. The van der Waals surface area contributed by atoms with E-state index in [9.17, 15) is 8.42 Å². The molecule has 0 saturated carbocycles. The summed E-state index contributed by atoms with van der Waals surface area (Å²) in [6, 6.07) is 9.52. The van der Waals surface area contributed by atoms with Crippen LogP contribution in [-0.2, 0) is 10.0 Å². The molecule has 0 spiro atoms. The first-order chi connectivity index (χ1) is 7.46. The average Bonchev–Trinajstić information content (AvgIpc) is 2.27. The molecule has 0 radical (unpaired) electrons. The van der Waals surface area contributed by atoms with E-state index in [0.717, 1.165) is 5.56 Å². The van der Waals surface area contributed by atoms with Gasteiger partial charge in [0.05, 0.1) is 5.75 Å². The first kappa shape index (κ1) is 13.2. The van der Waals surface area contributed by atoms with Crippen LogP contribution in [0.25, 0.3) is 0 Å². The van der Waals surface area contributed by atoms with Crippen LogP contribution in [0.4, 0.5) is 0 Å². The summed E-state index contributed by atoms with van der Waals surface area (Å²) in [6.45, 7) is 5.66. The molecule has 1 atom stereocenters. The Hall–Kier alpha value is -0.870. The zero-order valence-corrected chi connectivity index (χ0v) is 10.8. The Kier molecular flexibility index (Phi) is 4.50.